The number of thioether (sulfide) groups is 1. The summed E-state index contributed by atoms with van der Waals surface area (Å²) in [5.74, 6) is 2.33. The Balaban J connectivity index is 2.03. The van der Waals surface area contributed by atoms with E-state index in [-0.39, 0.29) is 0 Å². The molecule has 0 amide bonds. The standard InChI is InChI=1S/C15H24ClNS/c1-3-10-17-13(2)5-4-11-18-12-14-6-8-15(16)9-7-14/h6-9,13,17H,3-5,10-12H2,1-2H3. The molecule has 18 heavy (non-hydrogen) atoms. The maximum Gasteiger partial charge on any atom is 0.0406 e. The molecule has 0 fully saturated rings. The molecule has 0 spiro atoms. The van der Waals surface area contributed by atoms with Gasteiger partial charge in [0.05, 0.1) is 0 Å². The second-order valence-electron chi connectivity index (χ2n) is 4.68. The summed E-state index contributed by atoms with van der Waals surface area (Å²) < 4.78 is 0. The Morgan fingerprint density at radius 2 is 2.00 bits per heavy atom. The smallest absolute Gasteiger partial charge is 0.0406 e. The van der Waals surface area contributed by atoms with Crippen molar-refractivity contribution >= 4 is 23.4 Å². The van der Waals surface area contributed by atoms with Gasteiger partial charge in [-0.2, -0.15) is 11.8 Å². The molecule has 1 atom stereocenters. The maximum atomic E-state index is 5.86. The molecule has 0 aliphatic heterocycles. The molecule has 1 nitrogen and oxygen atoms in total. The molecule has 1 unspecified atom stereocenters. The number of hydrogen-bond donors (Lipinski definition) is 1. The first-order valence-corrected chi connectivity index (χ1v) is 8.31. The van der Waals surface area contributed by atoms with Crippen molar-refractivity contribution in [1.82, 2.24) is 5.32 Å². The topological polar surface area (TPSA) is 12.0 Å². The molecular formula is C15H24ClNS. The van der Waals surface area contributed by atoms with Gasteiger partial charge in [-0.05, 0) is 56.2 Å². The van der Waals surface area contributed by atoms with E-state index in [0.29, 0.717) is 6.04 Å². The minimum absolute atomic E-state index is 0.654. The molecule has 1 aromatic rings. The van der Waals surface area contributed by atoms with Crippen LogP contribution >= 0.6 is 23.4 Å². The van der Waals surface area contributed by atoms with Crippen molar-refractivity contribution in [2.24, 2.45) is 0 Å². The van der Waals surface area contributed by atoms with Crippen molar-refractivity contribution in [2.75, 3.05) is 12.3 Å². The zero-order chi connectivity index (χ0) is 13.2. The molecule has 3 heteroatoms. The summed E-state index contributed by atoms with van der Waals surface area (Å²) in [4.78, 5) is 0. The highest BCUT2D eigenvalue weighted by molar-refractivity contribution is 7.98. The van der Waals surface area contributed by atoms with Gasteiger partial charge >= 0.3 is 0 Å². The van der Waals surface area contributed by atoms with Gasteiger partial charge in [0.25, 0.3) is 0 Å². The normalized spacial score (nSPS) is 12.6. The molecule has 1 aromatic carbocycles. The van der Waals surface area contributed by atoms with Gasteiger partial charge in [-0.1, -0.05) is 30.7 Å². The van der Waals surface area contributed by atoms with Gasteiger partial charge in [0, 0.05) is 16.8 Å². The Hall–Kier alpha value is -0.180. The maximum absolute atomic E-state index is 5.86. The van der Waals surface area contributed by atoms with Crippen molar-refractivity contribution in [3.63, 3.8) is 0 Å². The molecule has 1 rings (SSSR count). The molecule has 0 bridgehead atoms. The Bertz CT molecular complexity index is 313. The summed E-state index contributed by atoms with van der Waals surface area (Å²) in [7, 11) is 0. The van der Waals surface area contributed by atoms with E-state index >= 15 is 0 Å². The SMILES string of the molecule is CCCNC(C)CCCSCc1ccc(Cl)cc1. The highest BCUT2D eigenvalue weighted by Crippen LogP contribution is 2.16. The van der Waals surface area contributed by atoms with Crippen LogP contribution < -0.4 is 5.32 Å². The van der Waals surface area contributed by atoms with Gasteiger partial charge in [-0.3, -0.25) is 0 Å². The van der Waals surface area contributed by atoms with Crippen molar-refractivity contribution in [1.29, 1.82) is 0 Å². The average molecular weight is 286 g/mol. The van der Waals surface area contributed by atoms with Crippen LogP contribution in [0.15, 0.2) is 24.3 Å². The van der Waals surface area contributed by atoms with Crippen LogP contribution in [0.25, 0.3) is 0 Å². The van der Waals surface area contributed by atoms with Gasteiger partial charge in [0.15, 0.2) is 0 Å². The highest BCUT2D eigenvalue weighted by Gasteiger charge is 2.00. The third-order valence-electron chi connectivity index (χ3n) is 2.85. The second-order valence-corrected chi connectivity index (χ2v) is 6.22. The van der Waals surface area contributed by atoms with Crippen LogP contribution in [0.4, 0.5) is 0 Å². The Morgan fingerprint density at radius 3 is 2.67 bits per heavy atom. The fourth-order valence-electron chi connectivity index (χ4n) is 1.76. The zero-order valence-corrected chi connectivity index (χ0v) is 13.0. The van der Waals surface area contributed by atoms with E-state index in [0.717, 1.165) is 17.3 Å². The molecule has 0 aliphatic carbocycles. The molecule has 0 saturated heterocycles. The molecular weight excluding hydrogens is 262 g/mol. The first-order chi connectivity index (χ1) is 8.72. The lowest BCUT2D eigenvalue weighted by atomic mass is 10.2. The van der Waals surface area contributed by atoms with Crippen LogP contribution in [0, 0.1) is 0 Å². The predicted molar refractivity (Wildman–Crippen MR) is 84.6 cm³/mol. The Kier molecular flexibility index (Phi) is 8.57. The van der Waals surface area contributed by atoms with Crippen LogP contribution in [0.1, 0.15) is 38.7 Å². The van der Waals surface area contributed by atoms with Crippen molar-refractivity contribution in [3.8, 4) is 0 Å². The quantitative estimate of drug-likeness (QED) is 0.658. The van der Waals surface area contributed by atoms with E-state index in [1.807, 2.05) is 23.9 Å². The van der Waals surface area contributed by atoms with Gasteiger partial charge in [-0.15, -0.1) is 0 Å². The first kappa shape index (κ1) is 15.9. The van der Waals surface area contributed by atoms with Crippen LogP contribution in [-0.2, 0) is 5.75 Å². The number of rotatable bonds is 9. The minimum atomic E-state index is 0.654. The summed E-state index contributed by atoms with van der Waals surface area (Å²) in [5, 5.41) is 4.34. The summed E-state index contributed by atoms with van der Waals surface area (Å²) >= 11 is 7.87. The number of benzene rings is 1. The summed E-state index contributed by atoms with van der Waals surface area (Å²) in [6, 6.07) is 8.81. The van der Waals surface area contributed by atoms with Crippen LogP contribution in [0.3, 0.4) is 0 Å². The van der Waals surface area contributed by atoms with E-state index in [4.69, 9.17) is 11.6 Å². The van der Waals surface area contributed by atoms with E-state index in [2.05, 4.69) is 31.3 Å². The van der Waals surface area contributed by atoms with Gasteiger partial charge in [0.2, 0.25) is 0 Å². The monoisotopic (exact) mass is 285 g/mol. The number of halogens is 1. The predicted octanol–water partition coefficient (Wildman–Crippen LogP) is 4.74. The van der Waals surface area contributed by atoms with Gasteiger partial charge in [0.1, 0.15) is 0 Å². The lowest BCUT2D eigenvalue weighted by Crippen LogP contribution is -2.26. The van der Waals surface area contributed by atoms with E-state index in [1.165, 1.54) is 30.6 Å². The fraction of sp³-hybridized carbons (Fsp3) is 0.600. The molecule has 0 aromatic heterocycles. The van der Waals surface area contributed by atoms with E-state index in [1.54, 1.807) is 0 Å². The summed E-state index contributed by atoms with van der Waals surface area (Å²) in [5.41, 5.74) is 1.36. The summed E-state index contributed by atoms with van der Waals surface area (Å²) in [6.45, 7) is 5.63. The van der Waals surface area contributed by atoms with E-state index < -0.39 is 0 Å². The van der Waals surface area contributed by atoms with Crippen LogP contribution in [-0.4, -0.2) is 18.3 Å². The first-order valence-electron chi connectivity index (χ1n) is 6.78. The Labute approximate surface area is 121 Å². The van der Waals surface area contributed by atoms with E-state index in [9.17, 15) is 0 Å². The largest absolute Gasteiger partial charge is 0.314 e. The number of nitrogens with one attached hydrogen (secondary N) is 1. The molecule has 0 saturated carbocycles. The minimum Gasteiger partial charge on any atom is -0.314 e. The average Bonchev–Trinajstić information content (AvgIpc) is 2.38. The molecule has 0 radical (unpaired) electrons. The highest BCUT2D eigenvalue weighted by atomic mass is 35.5. The molecule has 0 aliphatic rings. The molecule has 1 N–H and O–H groups in total. The number of hydrogen-bond acceptors (Lipinski definition) is 2. The van der Waals surface area contributed by atoms with Crippen LogP contribution in [0.2, 0.25) is 5.02 Å². The molecule has 0 heterocycles. The molecule has 102 valence electrons. The van der Waals surface area contributed by atoms with Crippen molar-refractivity contribution in [2.45, 2.75) is 44.9 Å². The van der Waals surface area contributed by atoms with Gasteiger partial charge < -0.3 is 5.32 Å². The lowest BCUT2D eigenvalue weighted by molar-refractivity contribution is 0.510. The third-order valence-corrected chi connectivity index (χ3v) is 4.22. The lowest BCUT2D eigenvalue weighted by Gasteiger charge is -2.12. The second kappa shape index (κ2) is 9.71. The van der Waals surface area contributed by atoms with Crippen molar-refractivity contribution < 1.29 is 0 Å². The van der Waals surface area contributed by atoms with Crippen molar-refractivity contribution in [3.05, 3.63) is 34.9 Å². The summed E-state index contributed by atoms with van der Waals surface area (Å²) in [6.07, 6.45) is 3.78. The fourth-order valence-corrected chi connectivity index (χ4v) is 2.82. The Morgan fingerprint density at radius 1 is 1.28 bits per heavy atom. The van der Waals surface area contributed by atoms with Gasteiger partial charge in [-0.25, -0.2) is 0 Å². The van der Waals surface area contributed by atoms with Crippen LogP contribution in [0.5, 0.6) is 0 Å². The zero-order valence-electron chi connectivity index (χ0n) is 11.4. The third kappa shape index (κ3) is 7.30.